The van der Waals surface area contributed by atoms with Crippen LogP contribution in [0.2, 0.25) is 0 Å². The third-order valence-corrected chi connectivity index (χ3v) is 1.24. The molecule has 92 valence electrons. The minimum absolute atomic E-state index is 3.01. The Balaban J connectivity index is 6.09. The van der Waals surface area contributed by atoms with E-state index in [2.05, 4.69) is 0 Å². The van der Waals surface area contributed by atoms with E-state index in [4.69, 9.17) is 10.2 Å². The first-order valence-corrected chi connectivity index (χ1v) is 3.24. The lowest BCUT2D eigenvalue weighted by Gasteiger charge is -2.13. The normalized spacial score (nSPS) is 14.4. The summed E-state index contributed by atoms with van der Waals surface area (Å²) < 4.78 is 71.5. The molecule has 16 heavy (non-hydrogen) atoms. The number of hydrogen-bond acceptors (Lipinski definition) is 2. The van der Waals surface area contributed by atoms with Crippen molar-refractivity contribution < 1.29 is 46.1 Å². The summed E-state index contributed by atoms with van der Waals surface area (Å²) in [6.45, 7) is 0. The van der Waals surface area contributed by atoms with Gasteiger partial charge in [-0.05, 0) is 0 Å². The molecule has 0 rings (SSSR count). The van der Waals surface area contributed by atoms with Gasteiger partial charge in [-0.3, -0.25) is 0 Å². The number of rotatable bonds is 2. The third-order valence-electron chi connectivity index (χ3n) is 1.24. The average molecular weight is 252 g/mol. The van der Waals surface area contributed by atoms with Crippen LogP contribution in [0.25, 0.3) is 0 Å². The number of halogens is 6. The van der Waals surface area contributed by atoms with Gasteiger partial charge >= 0.3 is 24.3 Å². The second-order valence-corrected chi connectivity index (χ2v) is 2.36. The van der Waals surface area contributed by atoms with Crippen LogP contribution < -0.4 is 0 Å². The van der Waals surface area contributed by atoms with Crippen LogP contribution in [-0.2, 0) is 9.59 Å². The van der Waals surface area contributed by atoms with Crippen molar-refractivity contribution in [3.05, 3.63) is 11.1 Å². The molecular weight excluding hydrogens is 250 g/mol. The summed E-state index contributed by atoms with van der Waals surface area (Å²) in [5, 5.41) is 15.9. The van der Waals surface area contributed by atoms with E-state index in [1.807, 2.05) is 0 Å². The van der Waals surface area contributed by atoms with Crippen LogP contribution in [0, 0.1) is 0 Å². The minimum atomic E-state index is -5.92. The zero-order chi connectivity index (χ0) is 13.3. The summed E-state index contributed by atoms with van der Waals surface area (Å²) in [6.07, 6.45) is -11.8. The van der Waals surface area contributed by atoms with Gasteiger partial charge in [0.15, 0.2) is 11.1 Å². The second-order valence-electron chi connectivity index (χ2n) is 2.36. The molecule has 0 spiro atoms. The van der Waals surface area contributed by atoms with Gasteiger partial charge in [-0.25, -0.2) is 9.59 Å². The molecule has 0 aromatic heterocycles. The predicted molar refractivity (Wildman–Crippen MR) is 34.4 cm³/mol. The predicted octanol–water partition coefficient (Wildman–Crippen LogP) is 1.58. The van der Waals surface area contributed by atoms with Crippen molar-refractivity contribution in [1.82, 2.24) is 0 Å². The Morgan fingerprint density at radius 3 is 0.938 bits per heavy atom. The number of aliphatic carboxylic acids is 2. The zero-order valence-corrected chi connectivity index (χ0v) is 6.98. The van der Waals surface area contributed by atoms with Crippen molar-refractivity contribution in [3.63, 3.8) is 0 Å². The minimum Gasteiger partial charge on any atom is -0.478 e. The first kappa shape index (κ1) is 14.3. The molecule has 10 heteroatoms. The molecule has 0 saturated heterocycles. The second kappa shape index (κ2) is 4.02. The molecule has 0 heterocycles. The summed E-state index contributed by atoms with van der Waals surface area (Å²) in [4.78, 5) is 20.0. The Labute approximate surface area is 82.8 Å². The van der Waals surface area contributed by atoms with Gasteiger partial charge in [-0.1, -0.05) is 0 Å². The largest absolute Gasteiger partial charge is 0.478 e. The Kier molecular flexibility index (Phi) is 3.58. The standard InChI is InChI=1S/C6H2F6O4/c7-5(8,9)1(3(13)14)2(4(15)16)6(10,11)12/h(H,13,14)(H,15,16)/b2-1-. The maximum atomic E-state index is 11.9. The summed E-state index contributed by atoms with van der Waals surface area (Å²) >= 11 is 0. The van der Waals surface area contributed by atoms with Gasteiger partial charge in [0.1, 0.15) is 0 Å². The number of carboxylic acid groups (broad SMARTS) is 2. The Morgan fingerprint density at radius 2 is 0.875 bits per heavy atom. The van der Waals surface area contributed by atoms with E-state index < -0.39 is 35.4 Å². The van der Waals surface area contributed by atoms with Crippen molar-refractivity contribution in [1.29, 1.82) is 0 Å². The van der Waals surface area contributed by atoms with Gasteiger partial charge in [0.05, 0.1) is 0 Å². The third kappa shape index (κ3) is 3.14. The molecule has 0 aliphatic rings. The van der Waals surface area contributed by atoms with Crippen LogP contribution in [0.5, 0.6) is 0 Å². The highest BCUT2D eigenvalue weighted by Gasteiger charge is 2.52. The fourth-order valence-corrected chi connectivity index (χ4v) is 0.740. The number of hydrogen-bond donors (Lipinski definition) is 2. The molecule has 0 unspecified atom stereocenters. The van der Waals surface area contributed by atoms with Crippen LogP contribution in [-0.4, -0.2) is 34.5 Å². The lowest BCUT2D eigenvalue weighted by atomic mass is 10.1. The molecule has 0 saturated carbocycles. The summed E-state index contributed by atoms with van der Waals surface area (Å²) in [5.41, 5.74) is -6.32. The fourth-order valence-electron chi connectivity index (χ4n) is 0.740. The van der Waals surface area contributed by atoms with Gasteiger partial charge in [-0.15, -0.1) is 0 Å². The van der Waals surface area contributed by atoms with Crippen LogP contribution >= 0.6 is 0 Å². The SMILES string of the molecule is O=C(O)/C(=C(\C(=O)O)C(F)(F)F)C(F)(F)F. The van der Waals surface area contributed by atoms with E-state index in [0.29, 0.717) is 0 Å². The molecule has 2 N–H and O–H groups in total. The lowest BCUT2D eigenvalue weighted by Crippen LogP contribution is -2.31. The number of carbonyl (C=O) groups is 2. The Morgan fingerprint density at radius 1 is 0.688 bits per heavy atom. The lowest BCUT2D eigenvalue weighted by molar-refractivity contribution is -0.157. The van der Waals surface area contributed by atoms with Crippen molar-refractivity contribution in [2.24, 2.45) is 0 Å². The van der Waals surface area contributed by atoms with Gasteiger partial charge in [0.25, 0.3) is 0 Å². The summed E-state index contributed by atoms with van der Waals surface area (Å²) in [5.74, 6) is -6.02. The molecule has 0 aromatic rings. The van der Waals surface area contributed by atoms with E-state index in [0.717, 1.165) is 0 Å². The van der Waals surface area contributed by atoms with E-state index in [1.165, 1.54) is 0 Å². The van der Waals surface area contributed by atoms with Crippen molar-refractivity contribution in [2.45, 2.75) is 12.4 Å². The highest BCUT2D eigenvalue weighted by atomic mass is 19.4. The monoisotopic (exact) mass is 252 g/mol. The van der Waals surface area contributed by atoms with Crippen LogP contribution in [0.15, 0.2) is 11.1 Å². The molecular formula is C6H2F6O4. The maximum absolute atomic E-state index is 11.9. The fraction of sp³-hybridized carbons (Fsp3) is 0.333. The molecule has 0 atom stereocenters. The molecule has 0 fully saturated rings. The molecule has 0 amide bonds. The molecule has 0 aliphatic carbocycles. The van der Waals surface area contributed by atoms with Crippen LogP contribution in [0.4, 0.5) is 26.3 Å². The van der Waals surface area contributed by atoms with Gasteiger partial charge < -0.3 is 10.2 Å². The molecule has 0 bridgehead atoms. The highest BCUT2D eigenvalue weighted by molar-refractivity contribution is 6.00. The van der Waals surface area contributed by atoms with E-state index in [9.17, 15) is 35.9 Å². The van der Waals surface area contributed by atoms with Crippen molar-refractivity contribution in [2.75, 3.05) is 0 Å². The molecule has 0 aliphatic heterocycles. The highest BCUT2D eigenvalue weighted by Crippen LogP contribution is 2.36. The quantitative estimate of drug-likeness (QED) is 0.577. The average Bonchev–Trinajstić information content (AvgIpc) is 1.92. The van der Waals surface area contributed by atoms with Crippen LogP contribution in [0.3, 0.4) is 0 Å². The van der Waals surface area contributed by atoms with E-state index in [-0.39, 0.29) is 0 Å². The Bertz CT molecular complexity index is 315. The number of alkyl halides is 6. The van der Waals surface area contributed by atoms with E-state index in [1.54, 1.807) is 0 Å². The smallest absolute Gasteiger partial charge is 0.424 e. The summed E-state index contributed by atoms with van der Waals surface area (Å²) in [7, 11) is 0. The molecule has 0 aromatic carbocycles. The first-order chi connectivity index (χ1) is 6.89. The Hall–Kier alpha value is -1.74. The van der Waals surface area contributed by atoms with Crippen LogP contribution in [0.1, 0.15) is 0 Å². The topological polar surface area (TPSA) is 74.6 Å². The number of carboxylic acids is 2. The van der Waals surface area contributed by atoms with Crippen molar-refractivity contribution >= 4 is 11.9 Å². The molecule has 0 radical (unpaired) electrons. The maximum Gasteiger partial charge on any atom is 0.424 e. The van der Waals surface area contributed by atoms with Gasteiger partial charge in [0, 0.05) is 0 Å². The van der Waals surface area contributed by atoms with Gasteiger partial charge in [-0.2, -0.15) is 26.3 Å². The first-order valence-electron chi connectivity index (χ1n) is 3.24. The molecule has 4 nitrogen and oxygen atoms in total. The van der Waals surface area contributed by atoms with Crippen molar-refractivity contribution in [3.8, 4) is 0 Å². The van der Waals surface area contributed by atoms with Gasteiger partial charge in [0.2, 0.25) is 0 Å². The summed E-state index contributed by atoms with van der Waals surface area (Å²) in [6, 6.07) is 0. The van der Waals surface area contributed by atoms with E-state index >= 15 is 0 Å². The zero-order valence-electron chi connectivity index (χ0n) is 6.98.